The van der Waals surface area contributed by atoms with Gasteiger partial charge in [-0.15, -0.1) is 0 Å². The Balaban J connectivity index is 1.40. The van der Waals surface area contributed by atoms with Gasteiger partial charge in [-0.25, -0.2) is 14.8 Å². The molecule has 0 aliphatic rings. The third-order valence-electron chi connectivity index (χ3n) is 6.33. The quantitative estimate of drug-likeness (QED) is 0.240. The van der Waals surface area contributed by atoms with Gasteiger partial charge in [-0.3, -0.25) is 4.79 Å². The highest BCUT2D eigenvalue weighted by Gasteiger charge is 2.26. The predicted octanol–water partition coefficient (Wildman–Crippen LogP) is 4.78. The van der Waals surface area contributed by atoms with Crippen molar-refractivity contribution < 1.29 is 14.3 Å². The number of nitrogens with one attached hydrogen (secondary N) is 3. The number of ether oxygens (including phenoxy) is 1. The van der Waals surface area contributed by atoms with Crippen molar-refractivity contribution in [2.75, 3.05) is 30.9 Å². The number of aromatic nitrogens is 3. The lowest BCUT2D eigenvalue weighted by atomic mass is 10.1. The zero-order chi connectivity index (χ0) is 27.2. The molecule has 2 aromatic heterocycles. The largest absolute Gasteiger partial charge is 0.467 e. The third kappa shape index (κ3) is 5.72. The molecule has 9 heteroatoms. The highest BCUT2D eigenvalue weighted by Crippen LogP contribution is 2.26. The number of carbonyl (C=O) groups is 2. The van der Waals surface area contributed by atoms with Gasteiger partial charge in [0, 0.05) is 41.1 Å². The highest BCUT2D eigenvalue weighted by molar-refractivity contribution is 6.00. The highest BCUT2D eigenvalue weighted by atomic mass is 16.5. The molecule has 0 fully saturated rings. The molecule has 196 valence electrons. The smallest absolute Gasteiger partial charge is 0.330 e. The lowest BCUT2D eigenvalue weighted by Crippen LogP contribution is -2.48. The molecular weight excluding hydrogens is 492 g/mol. The second kappa shape index (κ2) is 11.5. The maximum atomic E-state index is 13.4. The van der Waals surface area contributed by atoms with Gasteiger partial charge in [-0.1, -0.05) is 36.4 Å². The SMILES string of the molecule is CNc1nccc(-c2cc3cc(C(=O)NC(CN(c4ccccc4)c4ccccc4)C(=O)OC)ccc3[nH]2)n1. The van der Waals surface area contributed by atoms with Crippen molar-refractivity contribution >= 4 is 40.1 Å². The molecule has 0 saturated carbocycles. The first-order valence-corrected chi connectivity index (χ1v) is 12.5. The first-order valence-electron chi connectivity index (χ1n) is 12.5. The molecule has 1 atom stereocenters. The first-order chi connectivity index (χ1) is 19.1. The second-order valence-corrected chi connectivity index (χ2v) is 8.83. The molecule has 0 saturated heterocycles. The number of para-hydroxylation sites is 2. The van der Waals surface area contributed by atoms with E-state index >= 15 is 0 Å². The molecule has 2 heterocycles. The molecule has 0 aliphatic carbocycles. The van der Waals surface area contributed by atoms with Crippen LogP contribution in [-0.2, 0) is 9.53 Å². The number of H-pyrrole nitrogens is 1. The van der Waals surface area contributed by atoms with Crippen LogP contribution in [0.1, 0.15) is 10.4 Å². The number of carbonyl (C=O) groups excluding carboxylic acids is 2. The summed E-state index contributed by atoms with van der Waals surface area (Å²) in [5.41, 5.74) is 4.58. The number of rotatable bonds is 9. The lowest BCUT2D eigenvalue weighted by Gasteiger charge is -2.29. The molecule has 9 nitrogen and oxygen atoms in total. The molecule has 1 unspecified atom stereocenters. The maximum absolute atomic E-state index is 13.4. The van der Waals surface area contributed by atoms with Gasteiger partial charge in [0.2, 0.25) is 5.95 Å². The maximum Gasteiger partial charge on any atom is 0.330 e. The molecule has 0 radical (unpaired) electrons. The van der Waals surface area contributed by atoms with Crippen LogP contribution < -0.4 is 15.5 Å². The van der Waals surface area contributed by atoms with Crippen LogP contribution in [0, 0.1) is 0 Å². The number of hydrogen-bond acceptors (Lipinski definition) is 7. The Labute approximate surface area is 225 Å². The van der Waals surface area contributed by atoms with E-state index in [4.69, 9.17) is 4.74 Å². The standard InChI is InChI=1S/C30H28N6O3/c1-31-30-32-16-15-25(35-30)26-18-21-17-20(13-14-24(21)33-26)28(37)34-27(29(38)39-2)19-36(22-9-5-3-6-10-22)23-11-7-4-8-12-23/h3-18,27,33H,19H2,1-2H3,(H,34,37)(H,31,32,35). The van der Waals surface area contributed by atoms with Gasteiger partial charge in [0.05, 0.1) is 25.0 Å². The molecule has 5 rings (SSSR count). The van der Waals surface area contributed by atoms with E-state index in [0.717, 1.165) is 33.7 Å². The number of benzene rings is 3. The Kier molecular flexibility index (Phi) is 7.49. The zero-order valence-corrected chi connectivity index (χ0v) is 21.6. The monoisotopic (exact) mass is 520 g/mol. The van der Waals surface area contributed by atoms with Crippen molar-refractivity contribution in [3.8, 4) is 11.4 Å². The summed E-state index contributed by atoms with van der Waals surface area (Å²) in [6, 6.07) is 27.6. The summed E-state index contributed by atoms with van der Waals surface area (Å²) in [6.45, 7) is 0.185. The van der Waals surface area contributed by atoms with Crippen LogP contribution >= 0.6 is 0 Å². The number of nitrogens with zero attached hydrogens (tertiary/aromatic N) is 3. The minimum atomic E-state index is -0.915. The molecule has 0 aliphatic heterocycles. The minimum Gasteiger partial charge on any atom is -0.467 e. The van der Waals surface area contributed by atoms with E-state index in [9.17, 15) is 9.59 Å². The number of fused-ring (bicyclic) bond motifs is 1. The van der Waals surface area contributed by atoms with Gasteiger partial charge in [0.25, 0.3) is 5.91 Å². The summed E-state index contributed by atoms with van der Waals surface area (Å²) in [5, 5.41) is 6.65. The van der Waals surface area contributed by atoms with Crippen LogP contribution in [0.2, 0.25) is 0 Å². The second-order valence-electron chi connectivity index (χ2n) is 8.83. The first kappa shape index (κ1) is 25.5. The van der Waals surface area contributed by atoms with Crippen molar-refractivity contribution in [1.29, 1.82) is 0 Å². The van der Waals surface area contributed by atoms with Crippen LogP contribution in [0.4, 0.5) is 17.3 Å². The summed E-state index contributed by atoms with van der Waals surface area (Å²) in [7, 11) is 3.08. The van der Waals surface area contributed by atoms with E-state index in [1.165, 1.54) is 7.11 Å². The fourth-order valence-electron chi connectivity index (χ4n) is 4.36. The zero-order valence-electron chi connectivity index (χ0n) is 21.6. The van der Waals surface area contributed by atoms with Crippen LogP contribution in [0.5, 0.6) is 0 Å². The Morgan fingerprint density at radius 2 is 1.64 bits per heavy atom. The lowest BCUT2D eigenvalue weighted by molar-refractivity contribution is -0.142. The van der Waals surface area contributed by atoms with Crippen molar-refractivity contribution in [3.05, 3.63) is 103 Å². The van der Waals surface area contributed by atoms with Crippen LogP contribution in [0.3, 0.4) is 0 Å². The molecule has 0 spiro atoms. The molecule has 0 bridgehead atoms. The van der Waals surface area contributed by atoms with E-state index in [1.54, 1.807) is 25.4 Å². The number of esters is 1. The van der Waals surface area contributed by atoms with Crippen molar-refractivity contribution in [2.24, 2.45) is 0 Å². The summed E-state index contributed by atoms with van der Waals surface area (Å²) in [5.74, 6) is -0.398. The number of aromatic amines is 1. The van der Waals surface area contributed by atoms with Crippen molar-refractivity contribution in [3.63, 3.8) is 0 Å². The summed E-state index contributed by atoms with van der Waals surface area (Å²) < 4.78 is 5.06. The summed E-state index contributed by atoms with van der Waals surface area (Å²) in [6.07, 6.45) is 1.68. The van der Waals surface area contributed by atoms with E-state index in [-0.39, 0.29) is 12.5 Å². The van der Waals surface area contributed by atoms with E-state index in [2.05, 4.69) is 25.6 Å². The Morgan fingerprint density at radius 1 is 0.949 bits per heavy atom. The van der Waals surface area contributed by atoms with Crippen LogP contribution in [0.15, 0.2) is 97.2 Å². The third-order valence-corrected chi connectivity index (χ3v) is 6.33. The number of methoxy groups -OCH3 is 1. The predicted molar refractivity (Wildman–Crippen MR) is 152 cm³/mol. The van der Waals surface area contributed by atoms with Gasteiger partial charge < -0.3 is 25.3 Å². The Hall–Kier alpha value is -5.18. The fourth-order valence-corrected chi connectivity index (χ4v) is 4.36. The average Bonchev–Trinajstić information content (AvgIpc) is 3.43. The van der Waals surface area contributed by atoms with E-state index < -0.39 is 12.0 Å². The van der Waals surface area contributed by atoms with Gasteiger partial charge in [0.1, 0.15) is 6.04 Å². The van der Waals surface area contributed by atoms with E-state index in [0.29, 0.717) is 11.5 Å². The number of amides is 1. The van der Waals surface area contributed by atoms with Gasteiger partial charge in [-0.05, 0) is 54.6 Å². The van der Waals surface area contributed by atoms with Crippen LogP contribution in [-0.4, -0.2) is 53.6 Å². The molecule has 3 aromatic carbocycles. The summed E-state index contributed by atoms with van der Waals surface area (Å²) >= 11 is 0. The number of anilines is 3. The van der Waals surface area contributed by atoms with Gasteiger partial charge >= 0.3 is 5.97 Å². The van der Waals surface area contributed by atoms with E-state index in [1.807, 2.05) is 83.8 Å². The van der Waals surface area contributed by atoms with Crippen molar-refractivity contribution in [1.82, 2.24) is 20.3 Å². The summed E-state index contributed by atoms with van der Waals surface area (Å²) in [4.78, 5) is 40.1. The molecular formula is C30H28N6O3. The topological polar surface area (TPSA) is 112 Å². The van der Waals surface area contributed by atoms with Crippen molar-refractivity contribution in [2.45, 2.75) is 6.04 Å². The fraction of sp³-hybridized carbons (Fsp3) is 0.133. The average molecular weight is 521 g/mol. The Morgan fingerprint density at radius 3 is 2.28 bits per heavy atom. The number of hydrogen-bond donors (Lipinski definition) is 3. The van der Waals surface area contributed by atoms with Gasteiger partial charge in [0.15, 0.2) is 0 Å². The van der Waals surface area contributed by atoms with Gasteiger partial charge in [-0.2, -0.15) is 0 Å². The minimum absolute atomic E-state index is 0.185. The molecule has 5 aromatic rings. The normalized spacial score (nSPS) is 11.5. The molecule has 39 heavy (non-hydrogen) atoms. The van der Waals surface area contributed by atoms with Crippen LogP contribution in [0.25, 0.3) is 22.3 Å². The Bertz CT molecular complexity index is 1550. The molecule has 1 amide bonds. The molecule has 3 N–H and O–H groups in total.